The molecule has 74 valence electrons. The molecule has 3 atom stereocenters. The minimum atomic E-state index is 0.654. The predicted octanol–water partition coefficient (Wildman–Crippen LogP) is 1.82. The van der Waals surface area contributed by atoms with Crippen molar-refractivity contribution in [2.45, 2.75) is 24.7 Å². The molecule has 0 spiro atoms. The largest absolute Gasteiger partial charge is 0.398 e. The average Bonchev–Trinajstić information content (AvgIpc) is 2.73. The quantitative estimate of drug-likeness (QED) is 0.660. The van der Waals surface area contributed by atoms with Gasteiger partial charge in [-0.3, -0.25) is 0 Å². The van der Waals surface area contributed by atoms with E-state index in [0.29, 0.717) is 17.8 Å². The summed E-state index contributed by atoms with van der Waals surface area (Å²) in [6.45, 7) is 0.809. The van der Waals surface area contributed by atoms with E-state index in [9.17, 15) is 0 Å². The number of hydrogen-bond donors (Lipinski definition) is 2. The van der Waals surface area contributed by atoms with Crippen molar-refractivity contribution < 1.29 is 0 Å². The molecule has 0 radical (unpaired) electrons. The summed E-state index contributed by atoms with van der Waals surface area (Å²) in [6, 6.07) is 6.33. The molecular weight excluding hydrogens is 172 g/mol. The first-order valence-electron chi connectivity index (χ1n) is 5.41. The highest BCUT2D eigenvalue weighted by Gasteiger charge is 2.45. The second-order valence-corrected chi connectivity index (χ2v) is 4.54. The number of nitrogens with two attached hydrogens (primary N) is 2. The summed E-state index contributed by atoms with van der Waals surface area (Å²) in [6.07, 6.45) is 2.59. The molecule has 2 heteroatoms. The fourth-order valence-corrected chi connectivity index (χ4v) is 3.49. The van der Waals surface area contributed by atoms with Crippen LogP contribution in [0.25, 0.3) is 0 Å². The summed E-state index contributed by atoms with van der Waals surface area (Å²) in [5, 5.41) is 0. The van der Waals surface area contributed by atoms with Crippen LogP contribution in [0.5, 0.6) is 0 Å². The molecule has 3 rings (SSSR count). The monoisotopic (exact) mass is 188 g/mol. The van der Waals surface area contributed by atoms with Crippen molar-refractivity contribution in [2.24, 2.45) is 11.7 Å². The summed E-state index contributed by atoms with van der Waals surface area (Å²) in [4.78, 5) is 0. The molecule has 1 saturated carbocycles. The average molecular weight is 188 g/mol. The third-order valence-corrected chi connectivity index (χ3v) is 4.04. The molecule has 2 aliphatic carbocycles. The number of benzene rings is 1. The van der Waals surface area contributed by atoms with E-state index in [2.05, 4.69) is 12.1 Å². The Bertz CT molecular complexity index is 373. The molecule has 1 aromatic carbocycles. The van der Waals surface area contributed by atoms with Gasteiger partial charge in [-0.05, 0) is 54.3 Å². The van der Waals surface area contributed by atoms with Gasteiger partial charge in [0, 0.05) is 5.69 Å². The van der Waals surface area contributed by atoms with Crippen LogP contribution in [-0.2, 0) is 0 Å². The molecule has 0 saturated heterocycles. The van der Waals surface area contributed by atoms with Gasteiger partial charge in [0.1, 0.15) is 0 Å². The smallest absolute Gasteiger partial charge is 0.0352 e. The summed E-state index contributed by atoms with van der Waals surface area (Å²) in [7, 11) is 0. The first-order valence-corrected chi connectivity index (χ1v) is 5.41. The first kappa shape index (κ1) is 8.30. The Hall–Kier alpha value is -1.02. The van der Waals surface area contributed by atoms with E-state index in [1.807, 2.05) is 6.07 Å². The second kappa shape index (κ2) is 2.74. The van der Waals surface area contributed by atoms with Crippen LogP contribution in [0.1, 0.15) is 35.8 Å². The molecule has 2 nitrogen and oxygen atoms in total. The Labute approximate surface area is 84.3 Å². The molecule has 1 fully saturated rings. The van der Waals surface area contributed by atoms with Crippen LogP contribution in [0.3, 0.4) is 0 Å². The van der Waals surface area contributed by atoms with Gasteiger partial charge < -0.3 is 11.5 Å². The van der Waals surface area contributed by atoms with E-state index in [-0.39, 0.29) is 0 Å². The van der Waals surface area contributed by atoms with Crippen LogP contribution in [0.4, 0.5) is 5.69 Å². The van der Waals surface area contributed by atoms with Crippen LogP contribution in [0.2, 0.25) is 0 Å². The minimum Gasteiger partial charge on any atom is -0.398 e. The van der Waals surface area contributed by atoms with Crippen LogP contribution >= 0.6 is 0 Å². The van der Waals surface area contributed by atoms with E-state index < -0.39 is 0 Å². The number of anilines is 1. The maximum atomic E-state index is 6.03. The van der Waals surface area contributed by atoms with Gasteiger partial charge in [0.15, 0.2) is 0 Å². The fraction of sp³-hybridized carbons (Fsp3) is 0.500. The molecule has 2 bridgehead atoms. The van der Waals surface area contributed by atoms with Crippen molar-refractivity contribution >= 4 is 5.69 Å². The zero-order valence-corrected chi connectivity index (χ0v) is 8.24. The lowest BCUT2D eigenvalue weighted by atomic mass is 9.91. The first-order chi connectivity index (χ1) is 6.83. The Morgan fingerprint density at radius 1 is 1.21 bits per heavy atom. The van der Waals surface area contributed by atoms with Gasteiger partial charge in [-0.15, -0.1) is 0 Å². The highest BCUT2D eigenvalue weighted by Crippen LogP contribution is 2.58. The van der Waals surface area contributed by atoms with Gasteiger partial charge in [0.25, 0.3) is 0 Å². The van der Waals surface area contributed by atoms with Gasteiger partial charge >= 0.3 is 0 Å². The zero-order valence-electron chi connectivity index (χ0n) is 8.24. The van der Waals surface area contributed by atoms with Gasteiger partial charge in [0.05, 0.1) is 0 Å². The van der Waals surface area contributed by atoms with Gasteiger partial charge in [-0.1, -0.05) is 12.1 Å². The molecule has 0 heterocycles. The molecule has 4 N–H and O–H groups in total. The van der Waals surface area contributed by atoms with Crippen molar-refractivity contribution in [1.82, 2.24) is 0 Å². The highest BCUT2D eigenvalue weighted by molar-refractivity contribution is 5.58. The molecule has 1 aromatic rings. The summed E-state index contributed by atoms with van der Waals surface area (Å²) < 4.78 is 0. The summed E-state index contributed by atoms with van der Waals surface area (Å²) in [5.41, 5.74) is 15.8. The van der Waals surface area contributed by atoms with Crippen LogP contribution in [0, 0.1) is 5.92 Å². The second-order valence-electron chi connectivity index (χ2n) is 4.54. The minimum absolute atomic E-state index is 0.654. The molecule has 3 unspecified atom stereocenters. The van der Waals surface area contributed by atoms with Gasteiger partial charge in [0.2, 0.25) is 0 Å². The lowest BCUT2D eigenvalue weighted by molar-refractivity contribution is 0.493. The lowest BCUT2D eigenvalue weighted by Crippen LogP contribution is -2.16. The Balaban J connectivity index is 2.16. The van der Waals surface area contributed by atoms with E-state index in [4.69, 9.17) is 11.5 Å². The Morgan fingerprint density at radius 2 is 2.00 bits per heavy atom. The van der Waals surface area contributed by atoms with Crippen LogP contribution < -0.4 is 11.5 Å². The number of nitrogen functional groups attached to an aromatic ring is 1. The molecule has 2 aliphatic rings. The third kappa shape index (κ3) is 0.845. The Kier molecular flexibility index (Phi) is 1.62. The Morgan fingerprint density at radius 3 is 2.71 bits per heavy atom. The van der Waals surface area contributed by atoms with Crippen molar-refractivity contribution in [1.29, 1.82) is 0 Å². The normalized spacial score (nSPS) is 33.4. The topological polar surface area (TPSA) is 52.0 Å². The fourth-order valence-electron chi connectivity index (χ4n) is 3.49. The van der Waals surface area contributed by atoms with Crippen molar-refractivity contribution in [3.8, 4) is 0 Å². The highest BCUT2D eigenvalue weighted by atomic mass is 14.7. The van der Waals surface area contributed by atoms with Crippen molar-refractivity contribution in [3.05, 3.63) is 29.3 Å². The van der Waals surface area contributed by atoms with Gasteiger partial charge in [-0.25, -0.2) is 0 Å². The number of rotatable bonds is 1. The predicted molar refractivity (Wildman–Crippen MR) is 58.1 cm³/mol. The number of hydrogen-bond acceptors (Lipinski definition) is 2. The molecule has 0 aliphatic heterocycles. The summed E-state index contributed by atoms with van der Waals surface area (Å²) >= 11 is 0. The van der Waals surface area contributed by atoms with Crippen LogP contribution in [0.15, 0.2) is 18.2 Å². The van der Waals surface area contributed by atoms with E-state index >= 15 is 0 Å². The third-order valence-electron chi connectivity index (χ3n) is 4.04. The zero-order chi connectivity index (χ0) is 9.71. The maximum Gasteiger partial charge on any atom is 0.0352 e. The van der Waals surface area contributed by atoms with Crippen molar-refractivity contribution in [2.75, 3.05) is 12.3 Å². The SMILES string of the molecule is NCC1C2CCC1c1c(N)cccc12. The molecular formula is C12H16N2. The maximum absolute atomic E-state index is 6.03. The van der Waals surface area contributed by atoms with E-state index in [0.717, 1.165) is 12.2 Å². The summed E-state index contributed by atoms with van der Waals surface area (Å²) in [5.74, 6) is 2.01. The van der Waals surface area contributed by atoms with E-state index in [1.165, 1.54) is 24.0 Å². The molecule has 0 aromatic heterocycles. The molecule has 14 heavy (non-hydrogen) atoms. The van der Waals surface area contributed by atoms with E-state index in [1.54, 1.807) is 0 Å². The van der Waals surface area contributed by atoms with Crippen LogP contribution in [-0.4, -0.2) is 6.54 Å². The lowest BCUT2D eigenvalue weighted by Gasteiger charge is -2.16. The van der Waals surface area contributed by atoms with Gasteiger partial charge in [-0.2, -0.15) is 0 Å². The van der Waals surface area contributed by atoms with Crippen molar-refractivity contribution in [3.63, 3.8) is 0 Å². The standard InChI is InChI=1S/C12H16N2/c13-6-10-7-4-5-9(10)12-8(7)2-1-3-11(12)14/h1-3,7,9-10H,4-6,13-14H2. The molecule has 0 amide bonds. The number of fused-ring (bicyclic) bond motifs is 5.